The molecule has 0 aliphatic rings. The maximum absolute atomic E-state index is 12.8. The fraction of sp³-hybridized carbons (Fsp3) is 0.176. The molecule has 2 rings (SSSR count). The van der Waals surface area contributed by atoms with Crippen molar-refractivity contribution in [3.63, 3.8) is 0 Å². The van der Waals surface area contributed by atoms with E-state index in [1.807, 2.05) is 6.07 Å². The highest BCUT2D eigenvalue weighted by molar-refractivity contribution is 6.39. The molecule has 1 unspecified atom stereocenters. The topological polar surface area (TPSA) is 58.2 Å². The third-order valence-electron chi connectivity index (χ3n) is 3.38. The van der Waals surface area contributed by atoms with Gasteiger partial charge in [0.15, 0.2) is 0 Å². The van der Waals surface area contributed by atoms with Crippen LogP contribution in [0.5, 0.6) is 0 Å². The van der Waals surface area contributed by atoms with E-state index in [4.69, 9.17) is 11.6 Å². The highest BCUT2D eigenvalue weighted by atomic mass is 35.5. The Morgan fingerprint density at radius 2 is 1.68 bits per heavy atom. The Labute approximate surface area is 147 Å². The van der Waals surface area contributed by atoms with Crippen LogP contribution in [0.25, 0.3) is 0 Å². The van der Waals surface area contributed by atoms with Crippen molar-refractivity contribution in [2.24, 2.45) is 0 Å². The van der Waals surface area contributed by atoms with Crippen LogP contribution in [0.2, 0.25) is 5.02 Å². The Balaban J connectivity index is 2.05. The minimum Gasteiger partial charge on any atom is -0.341 e. The first kappa shape index (κ1) is 18.8. The number of benzene rings is 2. The predicted octanol–water partition coefficient (Wildman–Crippen LogP) is 4.17. The van der Waals surface area contributed by atoms with Gasteiger partial charge in [0.1, 0.15) is 0 Å². The zero-order valence-corrected chi connectivity index (χ0v) is 13.8. The number of hydrogen-bond donors (Lipinski definition) is 2. The van der Waals surface area contributed by atoms with Gasteiger partial charge >= 0.3 is 18.0 Å². The van der Waals surface area contributed by atoms with Crippen LogP contribution in [0.4, 0.5) is 18.9 Å². The van der Waals surface area contributed by atoms with Crippen molar-refractivity contribution in [2.45, 2.75) is 19.1 Å². The summed E-state index contributed by atoms with van der Waals surface area (Å²) in [7, 11) is 0. The number of halogens is 4. The van der Waals surface area contributed by atoms with E-state index in [-0.39, 0.29) is 5.69 Å². The van der Waals surface area contributed by atoms with Crippen molar-refractivity contribution in [1.29, 1.82) is 0 Å². The molecule has 2 aromatic carbocycles. The molecule has 0 aliphatic heterocycles. The van der Waals surface area contributed by atoms with Gasteiger partial charge in [-0.3, -0.25) is 9.59 Å². The standard InChI is InChI=1S/C17H14ClF3N2O2/c1-10(11-5-3-2-4-6-11)22-15(24)16(25)23-12-7-8-14(18)13(9-12)17(19,20)21/h2-10H,1H3,(H,22,24)(H,23,25). The van der Waals surface area contributed by atoms with E-state index in [0.717, 1.165) is 11.6 Å². The SMILES string of the molecule is CC(NC(=O)C(=O)Nc1ccc(Cl)c(C(F)(F)F)c1)c1ccccc1. The summed E-state index contributed by atoms with van der Waals surface area (Å²) in [5.41, 5.74) is -0.483. The minimum atomic E-state index is -4.66. The molecule has 132 valence electrons. The second-order valence-corrected chi connectivity index (χ2v) is 5.66. The number of rotatable bonds is 3. The van der Waals surface area contributed by atoms with E-state index in [1.165, 1.54) is 6.07 Å². The molecule has 0 aliphatic carbocycles. The molecule has 2 N–H and O–H groups in total. The average molecular weight is 371 g/mol. The van der Waals surface area contributed by atoms with Gasteiger partial charge in [-0.1, -0.05) is 41.9 Å². The van der Waals surface area contributed by atoms with Gasteiger partial charge in [0.25, 0.3) is 0 Å². The average Bonchev–Trinajstić information content (AvgIpc) is 2.56. The Morgan fingerprint density at radius 1 is 1.04 bits per heavy atom. The van der Waals surface area contributed by atoms with E-state index in [0.29, 0.717) is 6.07 Å². The molecule has 2 amide bonds. The van der Waals surface area contributed by atoms with Crippen LogP contribution in [0, 0.1) is 0 Å². The van der Waals surface area contributed by atoms with Gasteiger partial charge in [-0.25, -0.2) is 0 Å². The Morgan fingerprint density at radius 3 is 2.28 bits per heavy atom. The highest BCUT2D eigenvalue weighted by Gasteiger charge is 2.33. The number of anilines is 1. The predicted molar refractivity (Wildman–Crippen MR) is 88.1 cm³/mol. The van der Waals surface area contributed by atoms with Crippen LogP contribution in [-0.4, -0.2) is 11.8 Å². The number of nitrogens with one attached hydrogen (secondary N) is 2. The van der Waals surface area contributed by atoms with Crippen molar-refractivity contribution in [1.82, 2.24) is 5.32 Å². The van der Waals surface area contributed by atoms with Gasteiger partial charge in [-0.15, -0.1) is 0 Å². The molecule has 0 bridgehead atoms. The summed E-state index contributed by atoms with van der Waals surface area (Å²) in [5.74, 6) is -2.03. The largest absolute Gasteiger partial charge is 0.417 e. The van der Waals surface area contributed by atoms with Crippen LogP contribution in [0.15, 0.2) is 48.5 Å². The van der Waals surface area contributed by atoms with Crippen molar-refractivity contribution in [3.05, 3.63) is 64.7 Å². The van der Waals surface area contributed by atoms with Crippen molar-refractivity contribution in [3.8, 4) is 0 Å². The summed E-state index contributed by atoms with van der Waals surface area (Å²) in [6.07, 6.45) is -4.66. The number of hydrogen-bond acceptors (Lipinski definition) is 2. The van der Waals surface area contributed by atoms with Gasteiger partial charge in [0, 0.05) is 5.69 Å². The fourth-order valence-electron chi connectivity index (χ4n) is 2.10. The molecule has 25 heavy (non-hydrogen) atoms. The molecule has 0 saturated carbocycles. The van der Waals surface area contributed by atoms with Crippen molar-refractivity contribution in [2.75, 3.05) is 5.32 Å². The molecular weight excluding hydrogens is 357 g/mol. The maximum atomic E-state index is 12.8. The van der Waals surface area contributed by atoms with Crippen LogP contribution < -0.4 is 10.6 Å². The van der Waals surface area contributed by atoms with Gasteiger partial charge in [0.05, 0.1) is 16.6 Å². The van der Waals surface area contributed by atoms with Crippen LogP contribution in [-0.2, 0) is 15.8 Å². The molecule has 0 aromatic heterocycles. The smallest absolute Gasteiger partial charge is 0.341 e. The third kappa shape index (κ3) is 4.96. The molecular formula is C17H14ClF3N2O2. The Hall–Kier alpha value is -2.54. The Bertz CT molecular complexity index is 779. The van der Waals surface area contributed by atoms with E-state index in [2.05, 4.69) is 10.6 Å². The normalized spacial score (nSPS) is 12.4. The first-order valence-electron chi connectivity index (χ1n) is 7.22. The van der Waals surface area contributed by atoms with E-state index >= 15 is 0 Å². The highest BCUT2D eigenvalue weighted by Crippen LogP contribution is 2.36. The zero-order chi connectivity index (χ0) is 18.6. The summed E-state index contributed by atoms with van der Waals surface area (Å²) in [6.45, 7) is 1.69. The summed E-state index contributed by atoms with van der Waals surface area (Å²) < 4.78 is 38.4. The molecule has 8 heteroatoms. The number of alkyl halides is 3. The third-order valence-corrected chi connectivity index (χ3v) is 3.71. The molecule has 0 heterocycles. The quantitative estimate of drug-likeness (QED) is 0.796. The lowest BCUT2D eigenvalue weighted by Crippen LogP contribution is -2.36. The maximum Gasteiger partial charge on any atom is 0.417 e. The fourth-order valence-corrected chi connectivity index (χ4v) is 2.32. The molecule has 0 spiro atoms. The summed E-state index contributed by atoms with van der Waals surface area (Å²) in [5, 5.41) is 4.11. The first-order valence-corrected chi connectivity index (χ1v) is 7.60. The number of amides is 2. The van der Waals surface area contributed by atoms with Crippen molar-refractivity contribution < 1.29 is 22.8 Å². The minimum absolute atomic E-state index is 0.177. The zero-order valence-electron chi connectivity index (χ0n) is 13.0. The van der Waals surface area contributed by atoms with E-state index < -0.39 is 34.6 Å². The molecule has 0 radical (unpaired) electrons. The summed E-state index contributed by atoms with van der Waals surface area (Å²) >= 11 is 5.50. The number of carbonyl (C=O) groups is 2. The monoisotopic (exact) mass is 370 g/mol. The molecule has 4 nitrogen and oxygen atoms in total. The summed E-state index contributed by atoms with van der Waals surface area (Å²) in [6, 6.07) is 11.4. The second kappa shape index (κ2) is 7.57. The lowest BCUT2D eigenvalue weighted by atomic mass is 10.1. The van der Waals surface area contributed by atoms with Crippen LogP contribution >= 0.6 is 11.6 Å². The molecule has 0 saturated heterocycles. The van der Waals surface area contributed by atoms with E-state index in [1.54, 1.807) is 31.2 Å². The second-order valence-electron chi connectivity index (χ2n) is 5.25. The van der Waals surface area contributed by atoms with Gasteiger partial charge in [-0.05, 0) is 30.7 Å². The Kier molecular flexibility index (Phi) is 5.69. The van der Waals surface area contributed by atoms with Crippen molar-refractivity contribution >= 4 is 29.1 Å². The van der Waals surface area contributed by atoms with Crippen LogP contribution in [0.3, 0.4) is 0 Å². The van der Waals surface area contributed by atoms with Gasteiger partial charge in [-0.2, -0.15) is 13.2 Å². The van der Waals surface area contributed by atoms with E-state index in [9.17, 15) is 22.8 Å². The lowest BCUT2D eigenvalue weighted by Gasteiger charge is -2.15. The van der Waals surface area contributed by atoms with Gasteiger partial charge in [0.2, 0.25) is 0 Å². The molecule has 1 atom stereocenters. The molecule has 0 fully saturated rings. The van der Waals surface area contributed by atoms with Crippen LogP contribution in [0.1, 0.15) is 24.1 Å². The lowest BCUT2D eigenvalue weighted by molar-refractivity contribution is -0.137. The van der Waals surface area contributed by atoms with Gasteiger partial charge < -0.3 is 10.6 Å². The molecule has 2 aromatic rings. The number of carbonyl (C=O) groups excluding carboxylic acids is 2. The summed E-state index contributed by atoms with van der Waals surface area (Å²) in [4.78, 5) is 23.8. The first-order chi connectivity index (χ1) is 11.7.